The van der Waals surface area contributed by atoms with Crippen LogP contribution in [0.25, 0.3) is 110 Å². The molecule has 11 aromatic rings. The Morgan fingerprint density at radius 3 is 1.62 bits per heavy atom. The second-order valence-corrected chi connectivity index (χ2v) is 13.5. The molecular formula is C52H32O. The van der Waals surface area contributed by atoms with Gasteiger partial charge in [0.15, 0.2) is 0 Å². The molecule has 0 bridgehead atoms. The van der Waals surface area contributed by atoms with Crippen molar-refractivity contribution in [1.29, 1.82) is 0 Å². The highest BCUT2D eigenvalue weighted by molar-refractivity contribution is 6.22. The van der Waals surface area contributed by atoms with Gasteiger partial charge in [-0.15, -0.1) is 0 Å². The summed E-state index contributed by atoms with van der Waals surface area (Å²) in [4.78, 5) is 0. The van der Waals surface area contributed by atoms with Crippen molar-refractivity contribution in [3.8, 4) is 44.5 Å². The molecule has 10 aromatic carbocycles. The molecule has 0 saturated carbocycles. The Balaban J connectivity index is 1.15. The Kier molecular flexibility index (Phi) is 5.40. The molecule has 246 valence electrons. The molecule has 0 unspecified atom stereocenters. The van der Waals surface area contributed by atoms with Crippen LogP contribution >= 0.6 is 0 Å². The third-order valence-corrected chi connectivity index (χ3v) is 10.5. The van der Waals surface area contributed by atoms with E-state index >= 15 is 0 Å². The van der Waals surface area contributed by atoms with Gasteiger partial charge < -0.3 is 4.42 Å². The Hall–Kier alpha value is -6.96. The average molecular weight is 679 g/mol. The molecule has 0 radical (unpaired) electrons. The lowest BCUT2D eigenvalue weighted by Gasteiger charge is -2.18. The van der Waals surface area contributed by atoms with Gasteiger partial charge in [0.25, 0.3) is 0 Å². The SMILES string of the molecule is [2H]c1c(-c2cccc3c2oc2ccc(-c4cccc5ccccc45)cc23)c([2H])c2c([2H])c([2H])c(-c3c4ccccc4c(-c4ccccc4)c4ccccc34)c([2H])c2c1[2H]. The molecule has 1 heteroatoms. The zero-order valence-corrected chi connectivity index (χ0v) is 28.4. The topological polar surface area (TPSA) is 13.1 Å². The zero-order valence-electron chi connectivity index (χ0n) is 34.4. The fourth-order valence-electron chi connectivity index (χ4n) is 8.09. The Morgan fingerprint density at radius 2 is 0.887 bits per heavy atom. The molecule has 0 aliphatic heterocycles. The summed E-state index contributed by atoms with van der Waals surface area (Å²) in [5.41, 5.74) is 6.71. The van der Waals surface area contributed by atoms with Crippen LogP contribution in [0.15, 0.2) is 198 Å². The van der Waals surface area contributed by atoms with Crippen molar-refractivity contribution in [1.82, 2.24) is 0 Å². The number of hydrogen-bond donors (Lipinski definition) is 0. The van der Waals surface area contributed by atoms with Crippen LogP contribution in [0, 0.1) is 0 Å². The van der Waals surface area contributed by atoms with Crippen LogP contribution in [0.4, 0.5) is 0 Å². The van der Waals surface area contributed by atoms with Gasteiger partial charge in [-0.25, -0.2) is 0 Å². The molecule has 1 aromatic heterocycles. The highest BCUT2D eigenvalue weighted by Crippen LogP contribution is 2.45. The largest absolute Gasteiger partial charge is 0.455 e. The van der Waals surface area contributed by atoms with E-state index in [1.54, 1.807) is 6.07 Å². The Labute approximate surface area is 315 Å². The van der Waals surface area contributed by atoms with Gasteiger partial charge in [-0.2, -0.15) is 0 Å². The summed E-state index contributed by atoms with van der Waals surface area (Å²) >= 11 is 0. The first kappa shape index (κ1) is 24.3. The van der Waals surface area contributed by atoms with E-state index in [9.17, 15) is 8.22 Å². The standard InChI is InChI=1S/C52H32O/c1-2-13-34(14-3-1)50-43-17-6-8-19-45(43)51(46-20-9-7-18-44(46)50)39-27-25-35-30-37(26-24-36(35)31-39)42-22-11-23-47-48-32-38(28-29-49(48)53-52(42)47)41-21-10-15-33-12-4-5-16-40(33)41/h1-32H/i24D,25D,26D,27D,30D,31D. The molecule has 11 rings (SSSR count). The summed E-state index contributed by atoms with van der Waals surface area (Å²) in [7, 11) is 0. The summed E-state index contributed by atoms with van der Waals surface area (Å²) in [6, 6.07) is 50.9. The number of hydrogen-bond acceptors (Lipinski definition) is 1. The number of rotatable bonds is 4. The van der Waals surface area contributed by atoms with Crippen molar-refractivity contribution < 1.29 is 12.6 Å². The Morgan fingerprint density at radius 1 is 0.340 bits per heavy atom. The molecule has 0 fully saturated rings. The summed E-state index contributed by atoms with van der Waals surface area (Å²) in [5.74, 6) is 0. The smallest absolute Gasteiger partial charge is 0.143 e. The molecule has 0 amide bonds. The lowest BCUT2D eigenvalue weighted by Crippen LogP contribution is -1.90. The summed E-state index contributed by atoms with van der Waals surface area (Å²) in [6.45, 7) is 0. The van der Waals surface area contributed by atoms with Gasteiger partial charge in [0.2, 0.25) is 0 Å². The second kappa shape index (κ2) is 11.8. The van der Waals surface area contributed by atoms with Crippen molar-refractivity contribution in [2.24, 2.45) is 0 Å². The predicted octanol–water partition coefficient (Wildman–Crippen LogP) is 14.9. The van der Waals surface area contributed by atoms with Crippen LogP contribution < -0.4 is 0 Å². The second-order valence-electron chi connectivity index (χ2n) is 13.5. The zero-order chi connectivity index (χ0) is 40.1. The average Bonchev–Trinajstić information content (AvgIpc) is 3.65. The molecular weight excluding hydrogens is 641 g/mol. The van der Waals surface area contributed by atoms with E-state index in [2.05, 4.69) is 48.5 Å². The molecule has 53 heavy (non-hydrogen) atoms. The van der Waals surface area contributed by atoms with E-state index in [-0.39, 0.29) is 58.2 Å². The molecule has 0 atom stereocenters. The van der Waals surface area contributed by atoms with Gasteiger partial charge in [0, 0.05) is 16.3 Å². The van der Waals surface area contributed by atoms with E-state index in [1.807, 2.05) is 103 Å². The third kappa shape index (κ3) is 4.71. The van der Waals surface area contributed by atoms with Crippen molar-refractivity contribution in [3.63, 3.8) is 0 Å². The minimum Gasteiger partial charge on any atom is -0.455 e. The number of fused-ring (bicyclic) bond motifs is 7. The van der Waals surface area contributed by atoms with Gasteiger partial charge in [-0.1, -0.05) is 170 Å². The lowest BCUT2D eigenvalue weighted by atomic mass is 9.85. The van der Waals surface area contributed by atoms with Crippen molar-refractivity contribution in [2.45, 2.75) is 0 Å². The first-order valence-electron chi connectivity index (χ1n) is 20.8. The van der Waals surface area contributed by atoms with E-state index in [0.717, 1.165) is 65.3 Å². The highest BCUT2D eigenvalue weighted by Gasteiger charge is 2.18. The van der Waals surface area contributed by atoms with Crippen LogP contribution in [0.1, 0.15) is 8.22 Å². The maximum absolute atomic E-state index is 9.73. The monoisotopic (exact) mass is 678 g/mol. The molecule has 0 saturated heterocycles. The van der Waals surface area contributed by atoms with Crippen LogP contribution in [0.2, 0.25) is 0 Å². The minimum atomic E-state index is -0.272. The first-order valence-corrected chi connectivity index (χ1v) is 17.8. The van der Waals surface area contributed by atoms with E-state index in [1.165, 1.54) is 0 Å². The maximum Gasteiger partial charge on any atom is 0.143 e. The van der Waals surface area contributed by atoms with Crippen LogP contribution in [-0.2, 0) is 0 Å². The molecule has 0 N–H and O–H groups in total. The van der Waals surface area contributed by atoms with Gasteiger partial charge in [0.1, 0.15) is 11.2 Å². The van der Waals surface area contributed by atoms with Gasteiger partial charge in [-0.05, 0) is 106 Å². The van der Waals surface area contributed by atoms with Crippen LogP contribution in [-0.4, -0.2) is 0 Å². The lowest BCUT2D eigenvalue weighted by molar-refractivity contribution is 0.670. The quantitative estimate of drug-likeness (QED) is 0.169. The fourth-order valence-corrected chi connectivity index (χ4v) is 8.09. The maximum atomic E-state index is 9.73. The van der Waals surface area contributed by atoms with Crippen molar-refractivity contribution >= 4 is 65.0 Å². The number of benzene rings is 10. The minimum absolute atomic E-state index is 0.000577. The molecule has 0 aliphatic rings. The normalized spacial score (nSPS) is 13.4. The first-order chi connectivity index (χ1) is 28.8. The van der Waals surface area contributed by atoms with E-state index < -0.39 is 0 Å². The number of para-hydroxylation sites is 1. The summed E-state index contributed by atoms with van der Waals surface area (Å²) < 4.78 is 63.8. The third-order valence-electron chi connectivity index (χ3n) is 10.5. The van der Waals surface area contributed by atoms with Gasteiger partial charge in [0.05, 0.1) is 8.22 Å². The Bertz CT molecular complexity index is 3510. The van der Waals surface area contributed by atoms with E-state index in [4.69, 9.17) is 4.42 Å². The number of furan rings is 1. The van der Waals surface area contributed by atoms with E-state index in [0.29, 0.717) is 22.3 Å². The van der Waals surface area contributed by atoms with Crippen molar-refractivity contribution in [3.05, 3.63) is 194 Å². The molecule has 0 aliphatic carbocycles. The van der Waals surface area contributed by atoms with Crippen LogP contribution in [0.3, 0.4) is 0 Å². The summed E-state index contributed by atoms with van der Waals surface area (Å²) in [5, 5.41) is 7.47. The highest BCUT2D eigenvalue weighted by atomic mass is 16.3. The summed E-state index contributed by atoms with van der Waals surface area (Å²) in [6.07, 6.45) is 0. The van der Waals surface area contributed by atoms with Gasteiger partial charge in [-0.3, -0.25) is 0 Å². The van der Waals surface area contributed by atoms with Crippen molar-refractivity contribution in [2.75, 3.05) is 0 Å². The molecule has 1 nitrogen and oxygen atoms in total. The van der Waals surface area contributed by atoms with Gasteiger partial charge >= 0.3 is 0 Å². The van der Waals surface area contributed by atoms with Crippen LogP contribution in [0.5, 0.6) is 0 Å². The fraction of sp³-hybridized carbons (Fsp3) is 0. The predicted molar refractivity (Wildman–Crippen MR) is 225 cm³/mol. The molecule has 0 spiro atoms. The molecule has 1 heterocycles.